The average molecular weight is 195 g/mol. The third-order valence-electron chi connectivity index (χ3n) is 1.67. The first kappa shape index (κ1) is 10.0. The van der Waals surface area contributed by atoms with Crippen LogP contribution < -0.4 is 4.74 Å². The molecule has 2 N–H and O–H groups in total. The molecule has 0 fully saturated rings. The topological polar surface area (TPSA) is 79.1 Å². The standard InChI is InChI=1S/C9H9NO4/c1-14-7-4-2-6(3-5-7)8(10-13)9(11)12/h2-5,13H,1H3,(H,11,12)/b10-8-. The zero-order valence-electron chi connectivity index (χ0n) is 7.47. The highest BCUT2D eigenvalue weighted by atomic mass is 16.5. The maximum atomic E-state index is 10.6. The Hall–Kier alpha value is -2.04. The first-order valence-corrected chi connectivity index (χ1v) is 3.79. The summed E-state index contributed by atoms with van der Waals surface area (Å²) in [5.41, 5.74) is -0.0755. The number of rotatable bonds is 3. The fourth-order valence-corrected chi connectivity index (χ4v) is 0.973. The van der Waals surface area contributed by atoms with E-state index in [9.17, 15) is 4.79 Å². The summed E-state index contributed by atoms with van der Waals surface area (Å²) >= 11 is 0. The maximum Gasteiger partial charge on any atom is 0.358 e. The van der Waals surface area contributed by atoms with Crippen molar-refractivity contribution in [2.45, 2.75) is 0 Å². The molecule has 0 heterocycles. The van der Waals surface area contributed by atoms with Crippen molar-refractivity contribution in [3.63, 3.8) is 0 Å². The number of carboxylic acids is 1. The monoisotopic (exact) mass is 195 g/mol. The van der Waals surface area contributed by atoms with Crippen LogP contribution in [-0.2, 0) is 4.79 Å². The Kier molecular flexibility index (Phi) is 3.06. The van der Waals surface area contributed by atoms with Gasteiger partial charge in [-0.3, -0.25) is 0 Å². The second kappa shape index (κ2) is 4.27. The van der Waals surface area contributed by atoms with E-state index in [1.165, 1.54) is 19.2 Å². The molecule has 0 saturated heterocycles. The van der Waals surface area contributed by atoms with Gasteiger partial charge in [-0.05, 0) is 24.3 Å². The Labute approximate surface area is 80.2 Å². The zero-order chi connectivity index (χ0) is 10.6. The van der Waals surface area contributed by atoms with Crippen LogP contribution in [0.5, 0.6) is 5.75 Å². The van der Waals surface area contributed by atoms with E-state index >= 15 is 0 Å². The number of methoxy groups -OCH3 is 1. The predicted octanol–water partition coefficient (Wildman–Crippen LogP) is 0.958. The maximum absolute atomic E-state index is 10.6. The van der Waals surface area contributed by atoms with Crippen LogP contribution in [0.1, 0.15) is 5.56 Å². The largest absolute Gasteiger partial charge is 0.497 e. The Balaban J connectivity index is 3.02. The summed E-state index contributed by atoms with van der Waals surface area (Å²) in [6.45, 7) is 0. The van der Waals surface area contributed by atoms with Gasteiger partial charge in [-0.2, -0.15) is 0 Å². The first-order valence-electron chi connectivity index (χ1n) is 3.79. The van der Waals surface area contributed by atoms with Crippen LogP contribution in [0, 0.1) is 0 Å². The molecule has 0 amide bonds. The van der Waals surface area contributed by atoms with Crippen molar-refractivity contribution in [3.05, 3.63) is 29.8 Å². The third kappa shape index (κ3) is 2.01. The third-order valence-corrected chi connectivity index (χ3v) is 1.67. The van der Waals surface area contributed by atoms with Gasteiger partial charge < -0.3 is 15.1 Å². The van der Waals surface area contributed by atoms with E-state index in [0.717, 1.165) is 0 Å². The van der Waals surface area contributed by atoms with Gasteiger partial charge in [-0.25, -0.2) is 4.79 Å². The molecule has 5 nitrogen and oxygen atoms in total. The van der Waals surface area contributed by atoms with Crippen LogP contribution in [0.15, 0.2) is 29.4 Å². The number of aliphatic carboxylic acids is 1. The molecule has 0 bridgehead atoms. The lowest BCUT2D eigenvalue weighted by Crippen LogP contribution is -2.14. The summed E-state index contributed by atoms with van der Waals surface area (Å²) in [4.78, 5) is 10.6. The van der Waals surface area contributed by atoms with Crippen molar-refractivity contribution in [2.24, 2.45) is 5.16 Å². The predicted molar refractivity (Wildman–Crippen MR) is 49.0 cm³/mol. The SMILES string of the molecule is COc1ccc(/C(=N/O)C(=O)O)cc1. The van der Waals surface area contributed by atoms with E-state index in [4.69, 9.17) is 15.1 Å². The van der Waals surface area contributed by atoms with Gasteiger partial charge in [-0.1, -0.05) is 5.16 Å². The fourth-order valence-electron chi connectivity index (χ4n) is 0.973. The molecule has 0 saturated carbocycles. The summed E-state index contributed by atoms with van der Waals surface area (Å²) in [6.07, 6.45) is 0. The smallest absolute Gasteiger partial charge is 0.358 e. The summed E-state index contributed by atoms with van der Waals surface area (Å²) in [5.74, 6) is -0.672. The molecule has 1 rings (SSSR count). The van der Waals surface area contributed by atoms with Crippen LogP contribution in [0.25, 0.3) is 0 Å². The fraction of sp³-hybridized carbons (Fsp3) is 0.111. The van der Waals surface area contributed by atoms with Crippen molar-refractivity contribution < 1.29 is 19.8 Å². The highest BCUT2D eigenvalue weighted by Crippen LogP contribution is 2.11. The van der Waals surface area contributed by atoms with E-state index in [0.29, 0.717) is 11.3 Å². The van der Waals surface area contributed by atoms with Crippen LogP contribution in [0.4, 0.5) is 0 Å². The van der Waals surface area contributed by atoms with Crippen molar-refractivity contribution in [1.82, 2.24) is 0 Å². The first-order chi connectivity index (χ1) is 6.69. The number of benzene rings is 1. The van der Waals surface area contributed by atoms with Gasteiger partial charge in [0.15, 0.2) is 5.71 Å². The molecule has 14 heavy (non-hydrogen) atoms. The minimum Gasteiger partial charge on any atom is -0.497 e. The van der Waals surface area contributed by atoms with E-state index in [2.05, 4.69) is 5.16 Å². The van der Waals surface area contributed by atoms with Gasteiger partial charge in [0.05, 0.1) is 7.11 Å². The molecular formula is C9H9NO4. The highest BCUT2D eigenvalue weighted by molar-refractivity contribution is 6.42. The molecule has 0 spiro atoms. The van der Waals surface area contributed by atoms with Crippen molar-refractivity contribution in [2.75, 3.05) is 7.11 Å². The number of carbonyl (C=O) groups is 1. The van der Waals surface area contributed by atoms with Gasteiger partial charge in [0.2, 0.25) is 0 Å². The Bertz CT molecular complexity index is 356. The minimum absolute atomic E-state index is 0.320. The molecule has 0 aromatic heterocycles. The Morgan fingerprint density at radius 3 is 2.29 bits per heavy atom. The van der Waals surface area contributed by atoms with Crippen LogP contribution >= 0.6 is 0 Å². The second-order valence-corrected chi connectivity index (χ2v) is 2.48. The normalized spacial score (nSPS) is 11.1. The summed E-state index contributed by atoms with van der Waals surface area (Å²) in [7, 11) is 1.51. The van der Waals surface area contributed by atoms with E-state index < -0.39 is 11.7 Å². The van der Waals surface area contributed by atoms with E-state index in [-0.39, 0.29) is 0 Å². The van der Waals surface area contributed by atoms with Crippen molar-refractivity contribution in [1.29, 1.82) is 0 Å². The molecule has 0 radical (unpaired) electrons. The molecule has 0 atom stereocenters. The highest BCUT2D eigenvalue weighted by Gasteiger charge is 2.12. The number of oxime groups is 1. The molecule has 0 aliphatic rings. The summed E-state index contributed by atoms with van der Waals surface area (Å²) < 4.78 is 4.89. The molecule has 0 aliphatic heterocycles. The molecular weight excluding hydrogens is 186 g/mol. The summed E-state index contributed by atoms with van der Waals surface area (Å²) in [6, 6.07) is 6.18. The lowest BCUT2D eigenvalue weighted by Gasteiger charge is -2.01. The molecule has 0 unspecified atom stereocenters. The summed E-state index contributed by atoms with van der Waals surface area (Å²) in [5, 5.41) is 19.8. The number of carboxylic acid groups (broad SMARTS) is 1. The number of hydrogen-bond donors (Lipinski definition) is 2. The van der Waals surface area contributed by atoms with Crippen molar-refractivity contribution >= 4 is 11.7 Å². The molecule has 5 heteroatoms. The molecule has 74 valence electrons. The van der Waals surface area contributed by atoms with Gasteiger partial charge in [-0.15, -0.1) is 0 Å². The molecule has 1 aromatic carbocycles. The zero-order valence-corrected chi connectivity index (χ0v) is 7.47. The average Bonchev–Trinajstić information content (AvgIpc) is 2.19. The van der Waals surface area contributed by atoms with E-state index in [1.54, 1.807) is 12.1 Å². The Morgan fingerprint density at radius 2 is 1.93 bits per heavy atom. The number of hydrogen-bond acceptors (Lipinski definition) is 4. The van der Waals surface area contributed by atoms with Crippen molar-refractivity contribution in [3.8, 4) is 5.75 Å². The Morgan fingerprint density at radius 1 is 1.36 bits per heavy atom. The van der Waals surface area contributed by atoms with Crippen LogP contribution in [0.2, 0.25) is 0 Å². The van der Waals surface area contributed by atoms with E-state index in [1.807, 2.05) is 0 Å². The van der Waals surface area contributed by atoms with Gasteiger partial charge >= 0.3 is 5.97 Å². The van der Waals surface area contributed by atoms with Crippen LogP contribution in [0.3, 0.4) is 0 Å². The molecule has 0 aliphatic carbocycles. The van der Waals surface area contributed by atoms with Gasteiger partial charge in [0, 0.05) is 5.56 Å². The van der Waals surface area contributed by atoms with Gasteiger partial charge in [0.25, 0.3) is 0 Å². The quantitative estimate of drug-likeness (QED) is 0.427. The second-order valence-electron chi connectivity index (χ2n) is 2.48. The minimum atomic E-state index is -1.28. The number of nitrogens with zero attached hydrogens (tertiary/aromatic N) is 1. The van der Waals surface area contributed by atoms with Crippen LogP contribution in [-0.4, -0.2) is 29.1 Å². The van der Waals surface area contributed by atoms with Gasteiger partial charge in [0.1, 0.15) is 5.75 Å². The number of ether oxygens (including phenoxy) is 1. The molecule has 1 aromatic rings. The lowest BCUT2D eigenvalue weighted by atomic mass is 10.1. The lowest BCUT2D eigenvalue weighted by molar-refractivity contribution is -0.129.